The molecule has 0 saturated carbocycles. The maximum Gasteiger partial charge on any atom is 0.261 e. The fourth-order valence-corrected chi connectivity index (χ4v) is 9.32. The van der Waals surface area contributed by atoms with Crippen molar-refractivity contribution >= 4 is 29.8 Å². The highest BCUT2D eigenvalue weighted by Crippen LogP contribution is 2.42. The normalized spacial score (nSPS) is 19.4. The van der Waals surface area contributed by atoms with Crippen LogP contribution in [0.25, 0.3) is 0 Å². The molecule has 60 heavy (non-hydrogen) atoms. The van der Waals surface area contributed by atoms with Crippen molar-refractivity contribution < 1.29 is 24.3 Å². The van der Waals surface area contributed by atoms with Crippen LogP contribution in [0.1, 0.15) is 89.5 Å². The van der Waals surface area contributed by atoms with E-state index in [-0.39, 0.29) is 11.8 Å². The summed E-state index contributed by atoms with van der Waals surface area (Å²) in [6, 6.07) is 24.8. The van der Waals surface area contributed by atoms with Gasteiger partial charge >= 0.3 is 0 Å². The monoisotopic (exact) mass is 810 g/mol. The lowest BCUT2D eigenvalue weighted by Gasteiger charge is -2.47. The zero-order valence-electron chi connectivity index (χ0n) is 34.9. The molecule has 5 heterocycles. The topological polar surface area (TPSA) is 126 Å². The highest BCUT2D eigenvalue weighted by molar-refractivity contribution is 6.04. The number of pyridine rings is 1. The molecule has 1 unspecified atom stereocenters. The Morgan fingerprint density at radius 2 is 1.52 bits per heavy atom. The Morgan fingerprint density at radius 3 is 2.15 bits per heavy atom. The number of allylic oxidation sites excluding steroid dienone is 1. The fourth-order valence-electron chi connectivity index (χ4n) is 9.32. The van der Waals surface area contributed by atoms with Crippen LogP contribution < -0.4 is 10.2 Å². The molecule has 2 N–H and O–H groups in total. The number of carbonyl (C=O) groups excluding carboxylic acids is 4. The van der Waals surface area contributed by atoms with Gasteiger partial charge in [0.15, 0.2) is 0 Å². The Bertz CT molecular complexity index is 2120. The minimum absolute atomic E-state index is 0.153. The summed E-state index contributed by atoms with van der Waals surface area (Å²) in [5.74, 6) is -0.309. The number of carbonyl (C=O) groups is 4. The number of nitrogens with one attached hydrogen (secondary N) is 1. The van der Waals surface area contributed by atoms with Crippen LogP contribution in [0.5, 0.6) is 5.75 Å². The Hall–Kier alpha value is -5.81. The lowest BCUT2D eigenvalue weighted by Crippen LogP contribution is -2.51. The van der Waals surface area contributed by atoms with Crippen LogP contribution in [0.2, 0.25) is 0 Å². The molecule has 3 saturated heterocycles. The quantitative estimate of drug-likeness (QED) is 0.200. The molecule has 3 aromatic carbocycles. The van der Waals surface area contributed by atoms with Gasteiger partial charge in [-0.15, -0.1) is 0 Å². The first-order chi connectivity index (χ1) is 29.1. The van der Waals surface area contributed by atoms with Crippen LogP contribution in [0.15, 0.2) is 104 Å². The minimum atomic E-state index is -0.852. The SMILES string of the molecule is C=C1CCC(N(C=O)C(=O)c2cc3c(cc2C)CN(CC(=O)N2CCC4(CC2)CCN(c2cccnc2)CC4)C3)C(=O)N1.Oc1ccc2c(c1)CCCC2.c1ccccc1. The summed E-state index contributed by atoms with van der Waals surface area (Å²) in [7, 11) is 0. The van der Waals surface area contributed by atoms with Gasteiger partial charge in [0.1, 0.15) is 11.8 Å². The summed E-state index contributed by atoms with van der Waals surface area (Å²) in [5, 5.41) is 11.8. The number of hydrogen-bond acceptors (Lipinski definition) is 8. The third kappa shape index (κ3) is 10.3. The van der Waals surface area contributed by atoms with Gasteiger partial charge in [0, 0.05) is 56.7 Å². The number of phenolic OH excluding ortho intramolecular Hbond substituents is 1. The van der Waals surface area contributed by atoms with E-state index in [9.17, 15) is 24.3 Å². The second-order valence-corrected chi connectivity index (χ2v) is 16.9. The molecule has 3 fully saturated rings. The van der Waals surface area contributed by atoms with Gasteiger partial charge in [0.05, 0.1) is 18.4 Å². The zero-order valence-corrected chi connectivity index (χ0v) is 34.9. The maximum atomic E-state index is 13.4. The number of hydrogen-bond donors (Lipinski definition) is 2. The van der Waals surface area contributed by atoms with Gasteiger partial charge in [-0.05, 0) is 135 Å². The summed E-state index contributed by atoms with van der Waals surface area (Å²) in [6.45, 7) is 10.8. The van der Waals surface area contributed by atoms with Gasteiger partial charge in [-0.3, -0.25) is 34.0 Å². The van der Waals surface area contributed by atoms with Gasteiger partial charge in [-0.1, -0.05) is 55.1 Å². The molecule has 0 bridgehead atoms. The Kier molecular flexibility index (Phi) is 13.8. The molecule has 9 rings (SSSR count). The van der Waals surface area contributed by atoms with E-state index in [0.717, 1.165) is 79.9 Å². The number of aryl methyl sites for hydroxylation is 3. The number of aromatic nitrogens is 1. The number of rotatable bonds is 6. The van der Waals surface area contributed by atoms with Crippen LogP contribution in [-0.2, 0) is 40.3 Å². The molecular weight excluding hydrogens is 753 g/mol. The van der Waals surface area contributed by atoms with E-state index in [1.54, 1.807) is 6.07 Å². The first-order valence-corrected chi connectivity index (χ1v) is 21.5. The van der Waals surface area contributed by atoms with E-state index >= 15 is 0 Å². The van der Waals surface area contributed by atoms with Crippen LogP contribution in [-0.4, -0.2) is 87.7 Å². The highest BCUT2D eigenvalue weighted by atomic mass is 16.3. The van der Waals surface area contributed by atoms with E-state index in [4.69, 9.17) is 0 Å². The first-order valence-electron chi connectivity index (χ1n) is 21.5. The number of aromatic hydroxyl groups is 1. The smallest absolute Gasteiger partial charge is 0.261 e. The molecule has 4 amide bonds. The Morgan fingerprint density at radius 1 is 0.867 bits per heavy atom. The first kappa shape index (κ1) is 42.3. The Labute approximate surface area is 354 Å². The van der Waals surface area contributed by atoms with E-state index in [1.807, 2.05) is 90.9 Å². The second kappa shape index (κ2) is 19.5. The average Bonchev–Trinajstić information content (AvgIpc) is 3.66. The largest absolute Gasteiger partial charge is 0.508 e. The van der Waals surface area contributed by atoms with Gasteiger partial charge < -0.3 is 20.2 Å². The van der Waals surface area contributed by atoms with Gasteiger partial charge in [0.25, 0.3) is 5.91 Å². The molecule has 0 radical (unpaired) electrons. The standard InChI is InChI=1S/C33H40N6O4.C10H12O.C6H6/c1-23-16-25-19-36(20-26(25)17-28(23)32(43)39(22-40)29-6-5-24(2)35-31(29)42)21-30(41)38-14-9-33(10-15-38)7-12-37(13-8-33)27-4-3-11-34-18-27;11-10-6-5-8-3-1-2-4-9(8)7-10;1-2-4-6-5-3-1/h3-4,11,16-18,22,29H,2,5-10,12-15,19-21H2,1H3,(H,35,42);5-7,11H,1-4H2;1-6H. The number of nitrogens with zero attached hydrogens (tertiary/aromatic N) is 5. The minimum Gasteiger partial charge on any atom is -0.508 e. The van der Waals surface area contributed by atoms with E-state index in [2.05, 4.69) is 32.7 Å². The number of amides is 4. The molecule has 5 aliphatic rings. The average molecular weight is 811 g/mol. The molecule has 1 spiro atoms. The van der Waals surface area contributed by atoms with E-state index < -0.39 is 11.9 Å². The highest BCUT2D eigenvalue weighted by Gasteiger charge is 2.39. The number of benzene rings is 3. The number of piperidine rings is 3. The molecule has 1 atom stereocenters. The third-order valence-electron chi connectivity index (χ3n) is 12.9. The molecule has 4 aromatic rings. The van der Waals surface area contributed by atoms with E-state index in [0.29, 0.717) is 61.3 Å². The van der Waals surface area contributed by atoms with Crippen molar-refractivity contribution in [2.24, 2.45) is 5.41 Å². The van der Waals surface area contributed by atoms with Crippen molar-refractivity contribution in [2.75, 3.05) is 37.6 Å². The lowest BCUT2D eigenvalue weighted by molar-refractivity contribution is -0.135. The van der Waals surface area contributed by atoms with Crippen LogP contribution in [0, 0.1) is 12.3 Å². The van der Waals surface area contributed by atoms with Gasteiger partial charge in [-0.25, -0.2) is 0 Å². The lowest BCUT2D eigenvalue weighted by atomic mass is 9.71. The molecule has 11 heteroatoms. The van der Waals surface area contributed by atoms with Gasteiger partial charge in [-0.2, -0.15) is 0 Å². The number of imide groups is 1. The fraction of sp³-hybridized carbons (Fsp3) is 0.408. The van der Waals surface area contributed by atoms with Crippen LogP contribution >= 0.6 is 0 Å². The van der Waals surface area contributed by atoms with Crippen molar-refractivity contribution in [3.05, 3.63) is 137 Å². The predicted molar refractivity (Wildman–Crippen MR) is 233 cm³/mol. The number of fused-ring (bicyclic) bond motifs is 2. The number of likely N-dealkylation sites (tertiary alicyclic amines) is 1. The van der Waals surface area contributed by atoms with Gasteiger partial charge in [0.2, 0.25) is 18.2 Å². The molecule has 314 valence electrons. The predicted octanol–water partition coefficient (Wildman–Crippen LogP) is 6.96. The molecular formula is C49H58N6O5. The van der Waals surface area contributed by atoms with Crippen molar-refractivity contribution in [1.29, 1.82) is 0 Å². The van der Waals surface area contributed by atoms with E-state index in [1.165, 1.54) is 36.1 Å². The summed E-state index contributed by atoms with van der Waals surface area (Å²) in [5.41, 5.74) is 8.09. The molecule has 11 nitrogen and oxygen atoms in total. The van der Waals surface area contributed by atoms with Crippen molar-refractivity contribution in [3.63, 3.8) is 0 Å². The summed E-state index contributed by atoms with van der Waals surface area (Å²) >= 11 is 0. The van der Waals surface area contributed by atoms with Crippen LogP contribution in [0.3, 0.4) is 0 Å². The number of phenols is 1. The van der Waals surface area contributed by atoms with Crippen molar-refractivity contribution in [2.45, 2.75) is 90.3 Å². The summed E-state index contributed by atoms with van der Waals surface area (Å²) in [4.78, 5) is 63.0. The summed E-state index contributed by atoms with van der Waals surface area (Å²) in [6.07, 6.45) is 14.4. The molecule has 1 aromatic heterocycles. The van der Waals surface area contributed by atoms with Crippen LogP contribution in [0.4, 0.5) is 5.69 Å². The Balaban J connectivity index is 0.000000262. The molecule has 4 aliphatic heterocycles. The van der Waals surface area contributed by atoms with Crippen molar-refractivity contribution in [3.8, 4) is 5.75 Å². The number of anilines is 1. The third-order valence-corrected chi connectivity index (χ3v) is 12.9. The zero-order chi connectivity index (χ0) is 42.1. The molecule has 1 aliphatic carbocycles. The summed E-state index contributed by atoms with van der Waals surface area (Å²) < 4.78 is 0. The maximum absolute atomic E-state index is 13.4. The second-order valence-electron chi connectivity index (χ2n) is 16.9. The van der Waals surface area contributed by atoms with Crippen molar-refractivity contribution in [1.82, 2.24) is 25.0 Å².